The van der Waals surface area contributed by atoms with Crippen molar-refractivity contribution < 1.29 is 14.3 Å². The zero-order valence-corrected chi connectivity index (χ0v) is 12.5. The third kappa shape index (κ3) is 3.37. The highest BCUT2D eigenvalue weighted by molar-refractivity contribution is 7.10. The molecule has 108 valence electrons. The van der Waals surface area contributed by atoms with Crippen molar-refractivity contribution in [2.45, 2.75) is 0 Å². The van der Waals surface area contributed by atoms with Crippen LogP contribution in [-0.4, -0.2) is 19.1 Å². The minimum atomic E-state index is -0.248. The second-order valence-corrected chi connectivity index (χ2v) is 5.70. The smallest absolute Gasteiger partial charge is 0.248 e. The summed E-state index contributed by atoms with van der Waals surface area (Å²) < 4.78 is 10.9. The summed E-state index contributed by atoms with van der Waals surface area (Å²) in [4.78, 5) is 12.9. The second kappa shape index (κ2) is 6.20. The van der Waals surface area contributed by atoms with Crippen LogP contribution in [0.2, 0.25) is 5.02 Å². The predicted octanol–water partition coefficient (Wildman–Crippen LogP) is 3.82. The number of ether oxygens (including phenoxy) is 2. The van der Waals surface area contributed by atoms with Gasteiger partial charge in [0.05, 0.1) is 10.7 Å². The lowest BCUT2D eigenvalue weighted by atomic mass is 10.2. The molecule has 0 unspecified atom stereocenters. The molecule has 21 heavy (non-hydrogen) atoms. The van der Waals surface area contributed by atoms with Gasteiger partial charge in [0.1, 0.15) is 13.2 Å². The van der Waals surface area contributed by atoms with Gasteiger partial charge in [-0.25, -0.2) is 0 Å². The van der Waals surface area contributed by atoms with E-state index in [1.165, 1.54) is 6.08 Å². The number of nitrogens with one attached hydrogen (secondary N) is 1. The standard InChI is InChI=1S/C15H12ClNO3S/c16-11-8-13-14(20-6-5-19-13)9-12(11)17-15(18)4-3-10-2-1-7-21-10/h1-4,7-9H,5-6H2,(H,17,18). The molecule has 1 aliphatic rings. The summed E-state index contributed by atoms with van der Waals surface area (Å²) in [5.41, 5.74) is 0.502. The van der Waals surface area contributed by atoms with Gasteiger partial charge in [-0.15, -0.1) is 11.3 Å². The lowest BCUT2D eigenvalue weighted by Gasteiger charge is -2.19. The number of amides is 1. The summed E-state index contributed by atoms with van der Waals surface area (Å²) in [6, 6.07) is 7.19. The van der Waals surface area contributed by atoms with Crippen LogP contribution in [0, 0.1) is 0 Å². The van der Waals surface area contributed by atoms with Crippen molar-refractivity contribution in [1.29, 1.82) is 0 Å². The van der Waals surface area contributed by atoms with Crippen LogP contribution in [0.5, 0.6) is 11.5 Å². The molecule has 0 fully saturated rings. The summed E-state index contributed by atoms with van der Waals surface area (Å²) in [5, 5.41) is 5.10. The van der Waals surface area contributed by atoms with Crippen molar-refractivity contribution in [2.24, 2.45) is 0 Å². The number of halogens is 1. The molecular formula is C15H12ClNO3S. The van der Waals surface area contributed by atoms with Crippen LogP contribution in [0.3, 0.4) is 0 Å². The van der Waals surface area contributed by atoms with Crippen molar-refractivity contribution in [3.05, 3.63) is 45.6 Å². The van der Waals surface area contributed by atoms with E-state index < -0.39 is 0 Å². The van der Waals surface area contributed by atoms with Gasteiger partial charge in [-0.05, 0) is 17.5 Å². The zero-order chi connectivity index (χ0) is 14.7. The first kappa shape index (κ1) is 14.0. The lowest BCUT2D eigenvalue weighted by molar-refractivity contribution is -0.111. The number of carbonyl (C=O) groups excluding carboxylic acids is 1. The van der Waals surface area contributed by atoms with E-state index in [-0.39, 0.29) is 5.91 Å². The van der Waals surface area contributed by atoms with E-state index in [1.807, 2.05) is 17.5 Å². The number of rotatable bonds is 3. The summed E-state index contributed by atoms with van der Waals surface area (Å²) in [6.45, 7) is 0.985. The molecule has 0 atom stereocenters. The van der Waals surface area contributed by atoms with E-state index >= 15 is 0 Å². The van der Waals surface area contributed by atoms with Gasteiger partial charge >= 0.3 is 0 Å². The monoisotopic (exact) mass is 321 g/mol. The molecule has 2 heterocycles. The van der Waals surface area contributed by atoms with Crippen molar-refractivity contribution in [3.8, 4) is 11.5 Å². The Kier molecular flexibility index (Phi) is 4.13. The Balaban J connectivity index is 1.73. The van der Waals surface area contributed by atoms with Crippen LogP contribution in [0.25, 0.3) is 6.08 Å². The molecule has 1 amide bonds. The Bertz CT molecular complexity index is 682. The van der Waals surface area contributed by atoms with Gasteiger partial charge in [0.2, 0.25) is 5.91 Å². The van der Waals surface area contributed by atoms with Crippen molar-refractivity contribution in [1.82, 2.24) is 0 Å². The molecule has 0 radical (unpaired) electrons. The van der Waals surface area contributed by atoms with E-state index in [1.54, 1.807) is 29.5 Å². The average molecular weight is 322 g/mol. The maximum absolute atomic E-state index is 11.9. The largest absolute Gasteiger partial charge is 0.486 e. The molecule has 0 aliphatic carbocycles. The number of thiophene rings is 1. The summed E-state index contributed by atoms with van der Waals surface area (Å²) >= 11 is 7.70. The van der Waals surface area contributed by atoms with Gasteiger partial charge in [-0.2, -0.15) is 0 Å². The third-order valence-corrected chi connectivity index (χ3v) is 3.98. The fourth-order valence-electron chi connectivity index (χ4n) is 1.88. The van der Waals surface area contributed by atoms with Crippen LogP contribution in [0.4, 0.5) is 5.69 Å². The van der Waals surface area contributed by atoms with Gasteiger partial charge < -0.3 is 14.8 Å². The van der Waals surface area contributed by atoms with E-state index in [9.17, 15) is 4.79 Å². The number of benzene rings is 1. The van der Waals surface area contributed by atoms with Crippen molar-refractivity contribution in [3.63, 3.8) is 0 Å². The third-order valence-electron chi connectivity index (χ3n) is 2.83. The Morgan fingerprint density at radius 2 is 2.05 bits per heavy atom. The molecule has 0 saturated heterocycles. The molecule has 2 aromatic rings. The quantitative estimate of drug-likeness (QED) is 0.874. The molecule has 1 N–H and O–H groups in total. The van der Waals surface area contributed by atoms with Gasteiger partial charge in [0.25, 0.3) is 0 Å². The highest BCUT2D eigenvalue weighted by Crippen LogP contribution is 2.37. The van der Waals surface area contributed by atoms with Gasteiger partial charge in [0.15, 0.2) is 11.5 Å². The number of anilines is 1. The highest BCUT2D eigenvalue weighted by atomic mass is 35.5. The molecule has 1 aromatic heterocycles. The second-order valence-electron chi connectivity index (χ2n) is 4.31. The first-order valence-corrected chi connectivity index (χ1v) is 7.60. The maximum Gasteiger partial charge on any atom is 0.248 e. The first-order chi connectivity index (χ1) is 10.2. The summed E-state index contributed by atoms with van der Waals surface area (Å²) in [5.74, 6) is 0.934. The Hall–Kier alpha value is -1.98. The van der Waals surface area contributed by atoms with Gasteiger partial charge in [-0.1, -0.05) is 17.7 Å². The summed E-state index contributed by atoms with van der Waals surface area (Å²) in [6.07, 6.45) is 3.23. The van der Waals surface area contributed by atoms with E-state index in [0.29, 0.717) is 35.4 Å². The number of carbonyl (C=O) groups is 1. The molecule has 0 bridgehead atoms. The highest BCUT2D eigenvalue weighted by Gasteiger charge is 2.15. The fraction of sp³-hybridized carbons (Fsp3) is 0.133. The Morgan fingerprint density at radius 1 is 1.29 bits per heavy atom. The van der Waals surface area contributed by atoms with Crippen LogP contribution in [-0.2, 0) is 4.79 Å². The van der Waals surface area contributed by atoms with Gasteiger partial charge in [-0.3, -0.25) is 4.79 Å². The molecule has 1 aliphatic heterocycles. The Morgan fingerprint density at radius 3 is 2.76 bits per heavy atom. The van der Waals surface area contributed by atoms with Crippen LogP contribution in [0.1, 0.15) is 4.88 Å². The number of hydrogen-bond donors (Lipinski definition) is 1. The van der Waals surface area contributed by atoms with Gasteiger partial charge in [0, 0.05) is 23.1 Å². The predicted molar refractivity (Wildman–Crippen MR) is 84.4 cm³/mol. The molecule has 1 aromatic carbocycles. The van der Waals surface area contributed by atoms with Crippen LogP contribution in [0.15, 0.2) is 35.7 Å². The Labute approximate surface area is 130 Å². The van der Waals surface area contributed by atoms with Crippen LogP contribution < -0.4 is 14.8 Å². The van der Waals surface area contributed by atoms with E-state index in [4.69, 9.17) is 21.1 Å². The van der Waals surface area contributed by atoms with E-state index in [0.717, 1.165) is 4.88 Å². The average Bonchev–Trinajstić information content (AvgIpc) is 2.99. The minimum absolute atomic E-state index is 0.248. The van der Waals surface area contributed by atoms with Crippen molar-refractivity contribution in [2.75, 3.05) is 18.5 Å². The van der Waals surface area contributed by atoms with Crippen LogP contribution >= 0.6 is 22.9 Å². The first-order valence-electron chi connectivity index (χ1n) is 6.34. The topological polar surface area (TPSA) is 47.6 Å². The molecule has 0 saturated carbocycles. The molecule has 3 rings (SSSR count). The molecular weight excluding hydrogens is 310 g/mol. The number of hydrogen-bond acceptors (Lipinski definition) is 4. The lowest BCUT2D eigenvalue weighted by Crippen LogP contribution is -2.16. The zero-order valence-electron chi connectivity index (χ0n) is 11.0. The molecule has 6 heteroatoms. The van der Waals surface area contributed by atoms with Crippen molar-refractivity contribution >= 4 is 40.6 Å². The normalized spacial score (nSPS) is 13.4. The molecule has 4 nitrogen and oxygen atoms in total. The van der Waals surface area contributed by atoms with E-state index in [2.05, 4.69) is 5.32 Å². The summed E-state index contributed by atoms with van der Waals surface area (Å²) in [7, 11) is 0. The fourth-order valence-corrected chi connectivity index (χ4v) is 2.70. The SMILES string of the molecule is O=C(C=Cc1cccs1)Nc1cc2c(cc1Cl)OCCO2. The number of fused-ring (bicyclic) bond motifs is 1. The molecule has 0 spiro atoms. The maximum atomic E-state index is 11.9. The minimum Gasteiger partial charge on any atom is -0.486 e.